The number of fused-ring (bicyclic) bond motifs is 1. The number of hydrogen-bond donors (Lipinski definition) is 2. The third-order valence-corrected chi connectivity index (χ3v) is 3.91. The SMILES string of the molecule is O=C(CCN1CCC(=O)NC1=O)NCC#CCOc1ccc2c(c1)OCO2. The van der Waals surface area contributed by atoms with Gasteiger partial charge in [0, 0.05) is 32.0 Å². The molecule has 3 rings (SSSR count). The lowest BCUT2D eigenvalue weighted by Gasteiger charge is -2.26. The highest BCUT2D eigenvalue weighted by Crippen LogP contribution is 2.34. The Morgan fingerprint density at radius 3 is 2.96 bits per heavy atom. The monoisotopic (exact) mass is 373 g/mol. The predicted octanol–water partition coefficient (Wildman–Crippen LogP) is 0.246. The van der Waals surface area contributed by atoms with Gasteiger partial charge in [0.05, 0.1) is 6.54 Å². The van der Waals surface area contributed by atoms with Crippen LogP contribution in [0.5, 0.6) is 17.2 Å². The molecular formula is C18H19N3O6. The number of carbonyl (C=O) groups excluding carboxylic acids is 3. The average molecular weight is 373 g/mol. The molecule has 1 aromatic rings. The number of hydrogen-bond acceptors (Lipinski definition) is 6. The van der Waals surface area contributed by atoms with Gasteiger partial charge in [-0.2, -0.15) is 0 Å². The van der Waals surface area contributed by atoms with Crippen molar-refractivity contribution < 1.29 is 28.6 Å². The Morgan fingerprint density at radius 1 is 1.26 bits per heavy atom. The van der Waals surface area contributed by atoms with Gasteiger partial charge >= 0.3 is 6.03 Å². The summed E-state index contributed by atoms with van der Waals surface area (Å²) in [6.07, 6.45) is 0.402. The van der Waals surface area contributed by atoms with E-state index in [1.54, 1.807) is 18.2 Å². The molecule has 2 heterocycles. The predicted molar refractivity (Wildman–Crippen MR) is 93.2 cm³/mol. The van der Waals surface area contributed by atoms with Crippen LogP contribution in [-0.2, 0) is 9.59 Å². The molecule has 0 radical (unpaired) electrons. The minimum Gasteiger partial charge on any atom is -0.481 e. The first-order valence-corrected chi connectivity index (χ1v) is 8.45. The van der Waals surface area contributed by atoms with Crippen LogP contribution >= 0.6 is 0 Å². The van der Waals surface area contributed by atoms with E-state index in [1.165, 1.54) is 4.90 Å². The lowest BCUT2D eigenvalue weighted by molar-refractivity contribution is -0.121. The van der Waals surface area contributed by atoms with Gasteiger partial charge in [-0.25, -0.2) is 4.79 Å². The van der Waals surface area contributed by atoms with Gasteiger partial charge in [-0.3, -0.25) is 14.9 Å². The molecule has 0 unspecified atom stereocenters. The van der Waals surface area contributed by atoms with Gasteiger partial charge in [0.1, 0.15) is 12.4 Å². The second-order valence-corrected chi connectivity index (χ2v) is 5.77. The van der Waals surface area contributed by atoms with Gasteiger partial charge in [0.25, 0.3) is 0 Å². The third-order valence-electron chi connectivity index (χ3n) is 3.91. The van der Waals surface area contributed by atoms with E-state index in [1.807, 2.05) is 0 Å². The first-order valence-electron chi connectivity index (χ1n) is 8.45. The molecule has 9 nitrogen and oxygen atoms in total. The van der Waals surface area contributed by atoms with Gasteiger partial charge in [-0.05, 0) is 12.1 Å². The van der Waals surface area contributed by atoms with Gasteiger partial charge < -0.3 is 24.4 Å². The van der Waals surface area contributed by atoms with Crippen molar-refractivity contribution in [3.05, 3.63) is 18.2 Å². The van der Waals surface area contributed by atoms with Crippen molar-refractivity contribution in [1.82, 2.24) is 15.5 Å². The molecule has 0 spiro atoms. The summed E-state index contributed by atoms with van der Waals surface area (Å²) in [4.78, 5) is 35.8. The first kappa shape index (κ1) is 18.4. The largest absolute Gasteiger partial charge is 0.481 e. The Labute approximate surface area is 155 Å². The lowest BCUT2D eigenvalue weighted by Crippen LogP contribution is -2.50. The Hall–Kier alpha value is -3.41. The molecule has 0 saturated carbocycles. The summed E-state index contributed by atoms with van der Waals surface area (Å²) in [5.74, 6) is 7.03. The van der Waals surface area contributed by atoms with Crippen molar-refractivity contribution in [1.29, 1.82) is 0 Å². The molecule has 0 aliphatic carbocycles. The quantitative estimate of drug-likeness (QED) is 0.692. The molecule has 2 aliphatic heterocycles. The lowest BCUT2D eigenvalue weighted by atomic mass is 10.3. The summed E-state index contributed by atoms with van der Waals surface area (Å²) >= 11 is 0. The zero-order valence-corrected chi connectivity index (χ0v) is 14.6. The number of carbonyl (C=O) groups is 3. The minimum atomic E-state index is -0.459. The van der Waals surface area contributed by atoms with E-state index in [0.717, 1.165) is 0 Å². The van der Waals surface area contributed by atoms with Crippen molar-refractivity contribution in [3.63, 3.8) is 0 Å². The molecule has 0 atom stereocenters. The van der Waals surface area contributed by atoms with Crippen molar-refractivity contribution >= 4 is 17.8 Å². The Bertz CT molecular complexity index is 798. The normalized spacial score (nSPS) is 14.9. The van der Waals surface area contributed by atoms with Gasteiger partial charge in [0.15, 0.2) is 11.5 Å². The van der Waals surface area contributed by atoms with E-state index in [9.17, 15) is 14.4 Å². The van der Waals surface area contributed by atoms with Crippen LogP contribution in [0.1, 0.15) is 12.8 Å². The van der Waals surface area contributed by atoms with Gasteiger partial charge in [0.2, 0.25) is 18.6 Å². The van der Waals surface area contributed by atoms with Crippen LogP contribution in [-0.4, -0.2) is 55.8 Å². The molecule has 0 bridgehead atoms. The maximum absolute atomic E-state index is 11.8. The minimum absolute atomic E-state index is 0.150. The van der Waals surface area contributed by atoms with Gasteiger partial charge in [-0.15, -0.1) is 0 Å². The number of amides is 4. The second kappa shape index (κ2) is 8.80. The zero-order chi connectivity index (χ0) is 19.1. The van der Waals surface area contributed by atoms with Crippen LogP contribution in [0.15, 0.2) is 18.2 Å². The molecule has 4 amide bonds. The summed E-state index contributed by atoms with van der Waals surface area (Å²) in [5.41, 5.74) is 0. The van der Waals surface area contributed by atoms with Crippen molar-refractivity contribution in [2.24, 2.45) is 0 Å². The van der Waals surface area contributed by atoms with E-state index in [2.05, 4.69) is 22.5 Å². The molecule has 1 saturated heterocycles. The number of urea groups is 1. The molecule has 1 aromatic carbocycles. The fraction of sp³-hybridized carbons (Fsp3) is 0.389. The molecule has 27 heavy (non-hydrogen) atoms. The Balaban J connectivity index is 1.30. The third kappa shape index (κ3) is 5.28. The molecule has 9 heteroatoms. The standard InChI is InChI=1S/C18H19N3O6/c22-16(5-8-21-9-6-17(23)20-18(21)24)19-7-1-2-10-25-13-3-4-14-15(11-13)27-12-26-14/h3-4,11H,5-10,12H2,(H,19,22)(H,20,23,24). The van der Waals surface area contributed by atoms with E-state index in [4.69, 9.17) is 14.2 Å². The number of ether oxygens (including phenoxy) is 3. The molecule has 142 valence electrons. The van der Waals surface area contributed by atoms with Crippen LogP contribution in [0.25, 0.3) is 0 Å². The van der Waals surface area contributed by atoms with Crippen molar-refractivity contribution in [3.8, 4) is 29.1 Å². The average Bonchev–Trinajstić information content (AvgIpc) is 3.11. The smallest absolute Gasteiger partial charge is 0.324 e. The maximum Gasteiger partial charge on any atom is 0.324 e. The fourth-order valence-corrected chi connectivity index (χ4v) is 2.48. The topological polar surface area (TPSA) is 106 Å². The molecule has 2 aliphatic rings. The molecule has 1 fully saturated rings. The maximum atomic E-state index is 11.8. The van der Waals surface area contributed by atoms with Crippen LogP contribution in [0.4, 0.5) is 4.79 Å². The van der Waals surface area contributed by atoms with Crippen LogP contribution in [0.3, 0.4) is 0 Å². The van der Waals surface area contributed by atoms with E-state index >= 15 is 0 Å². The van der Waals surface area contributed by atoms with E-state index in [-0.39, 0.29) is 51.1 Å². The van der Waals surface area contributed by atoms with Gasteiger partial charge in [-0.1, -0.05) is 11.8 Å². The van der Waals surface area contributed by atoms with Crippen LogP contribution in [0.2, 0.25) is 0 Å². The zero-order valence-electron chi connectivity index (χ0n) is 14.6. The Morgan fingerprint density at radius 2 is 2.11 bits per heavy atom. The fourth-order valence-electron chi connectivity index (χ4n) is 2.48. The van der Waals surface area contributed by atoms with Crippen LogP contribution in [0, 0.1) is 11.8 Å². The van der Waals surface area contributed by atoms with E-state index in [0.29, 0.717) is 23.8 Å². The summed E-state index contributed by atoms with van der Waals surface area (Å²) in [6, 6.07) is 4.81. The highest BCUT2D eigenvalue weighted by Gasteiger charge is 2.22. The second-order valence-electron chi connectivity index (χ2n) is 5.77. The molecule has 2 N–H and O–H groups in total. The highest BCUT2D eigenvalue weighted by atomic mass is 16.7. The summed E-state index contributed by atoms with van der Waals surface area (Å²) in [7, 11) is 0. The number of rotatable bonds is 6. The number of nitrogens with zero attached hydrogens (tertiary/aromatic N) is 1. The Kier molecular flexibility index (Phi) is 5.99. The van der Waals surface area contributed by atoms with Crippen molar-refractivity contribution in [2.75, 3.05) is 33.0 Å². The van der Waals surface area contributed by atoms with Crippen LogP contribution < -0.4 is 24.8 Å². The molecular weight excluding hydrogens is 354 g/mol. The summed E-state index contributed by atoms with van der Waals surface area (Å²) in [6.45, 7) is 1.16. The summed E-state index contributed by atoms with van der Waals surface area (Å²) in [5, 5.41) is 4.86. The first-order chi connectivity index (χ1) is 13.1. The van der Waals surface area contributed by atoms with E-state index < -0.39 is 6.03 Å². The summed E-state index contributed by atoms with van der Waals surface area (Å²) < 4.78 is 16.0. The number of imide groups is 1. The highest BCUT2D eigenvalue weighted by molar-refractivity contribution is 5.96. The van der Waals surface area contributed by atoms with Crippen molar-refractivity contribution in [2.45, 2.75) is 12.8 Å². The number of benzene rings is 1. The molecule has 0 aromatic heterocycles. The number of nitrogens with one attached hydrogen (secondary N) is 2.